The third kappa shape index (κ3) is 6.23. The van der Waals surface area contributed by atoms with E-state index in [0.717, 1.165) is 23.1 Å². The molecule has 0 saturated heterocycles. The van der Waals surface area contributed by atoms with E-state index in [9.17, 15) is 9.59 Å². The van der Waals surface area contributed by atoms with Crippen LogP contribution in [0.2, 0.25) is 5.02 Å². The van der Waals surface area contributed by atoms with Gasteiger partial charge in [0.05, 0.1) is 0 Å². The van der Waals surface area contributed by atoms with Crippen molar-refractivity contribution in [1.82, 2.24) is 10.2 Å². The van der Waals surface area contributed by atoms with Crippen LogP contribution in [0.5, 0.6) is 5.75 Å². The van der Waals surface area contributed by atoms with Crippen molar-refractivity contribution in [3.05, 3.63) is 64.2 Å². The van der Waals surface area contributed by atoms with E-state index < -0.39 is 6.04 Å². The van der Waals surface area contributed by atoms with Crippen molar-refractivity contribution in [2.45, 2.75) is 53.1 Å². The molecule has 2 aromatic rings. The zero-order chi connectivity index (χ0) is 22.1. The summed E-state index contributed by atoms with van der Waals surface area (Å²) >= 11 is 6.33. The predicted molar refractivity (Wildman–Crippen MR) is 121 cm³/mol. The number of halogens is 1. The second kappa shape index (κ2) is 11.6. The van der Waals surface area contributed by atoms with Gasteiger partial charge in [-0.25, -0.2) is 0 Å². The van der Waals surface area contributed by atoms with Gasteiger partial charge in [-0.15, -0.1) is 0 Å². The molecule has 1 atom stereocenters. The summed E-state index contributed by atoms with van der Waals surface area (Å²) in [5.74, 6) is 0.255. The number of nitrogens with zero attached hydrogens (tertiary/aromatic N) is 1. The Morgan fingerprint density at radius 1 is 1.10 bits per heavy atom. The van der Waals surface area contributed by atoms with Gasteiger partial charge in [0, 0.05) is 18.1 Å². The van der Waals surface area contributed by atoms with Crippen LogP contribution in [0, 0.1) is 13.8 Å². The topological polar surface area (TPSA) is 58.6 Å². The number of aryl methyl sites for hydroxylation is 1. The Morgan fingerprint density at radius 3 is 2.50 bits per heavy atom. The van der Waals surface area contributed by atoms with Gasteiger partial charge in [-0.2, -0.15) is 0 Å². The van der Waals surface area contributed by atoms with Crippen molar-refractivity contribution < 1.29 is 14.3 Å². The van der Waals surface area contributed by atoms with Crippen LogP contribution in [0.15, 0.2) is 42.5 Å². The highest BCUT2D eigenvalue weighted by Crippen LogP contribution is 2.22. The summed E-state index contributed by atoms with van der Waals surface area (Å²) in [6.07, 6.45) is 1.32. The SMILES string of the molecule is CCCNC(=O)[C@@H](CC)N(Cc1ccccc1Cl)C(=O)COc1cccc(C)c1C. The number of amides is 2. The zero-order valence-corrected chi connectivity index (χ0v) is 19.0. The first-order chi connectivity index (χ1) is 14.4. The third-order valence-electron chi connectivity index (χ3n) is 5.14. The van der Waals surface area contributed by atoms with Gasteiger partial charge in [-0.3, -0.25) is 9.59 Å². The van der Waals surface area contributed by atoms with Gasteiger partial charge < -0.3 is 15.0 Å². The highest BCUT2D eigenvalue weighted by molar-refractivity contribution is 6.31. The minimum Gasteiger partial charge on any atom is -0.483 e. The summed E-state index contributed by atoms with van der Waals surface area (Å²) in [6, 6.07) is 12.5. The van der Waals surface area contributed by atoms with Gasteiger partial charge in [-0.05, 0) is 55.5 Å². The fourth-order valence-electron chi connectivity index (χ4n) is 3.20. The van der Waals surface area contributed by atoms with Gasteiger partial charge in [-0.1, -0.05) is 55.8 Å². The Kier molecular flexibility index (Phi) is 9.18. The molecule has 0 aliphatic rings. The van der Waals surface area contributed by atoms with Crippen molar-refractivity contribution >= 4 is 23.4 Å². The number of carbonyl (C=O) groups excluding carboxylic acids is 2. The van der Waals surface area contributed by atoms with Crippen LogP contribution in [0.25, 0.3) is 0 Å². The molecule has 0 aliphatic heterocycles. The molecule has 2 aromatic carbocycles. The summed E-state index contributed by atoms with van der Waals surface area (Å²) in [5, 5.41) is 3.47. The van der Waals surface area contributed by atoms with Crippen LogP contribution in [-0.4, -0.2) is 35.9 Å². The number of rotatable bonds is 10. The second-order valence-electron chi connectivity index (χ2n) is 7.31. The first-order valence-electron chi connectivity index (χ1n) is 10.4. The molecule has 0 spiro atoms. The van der Waals surface area contributed by atoms with E-state index in [4.69, 9.17) is 16.3 Å². The van der Waals surface area contributed by atoms with Crippen molar-refractivity contribution in [3.63, 3.8) is 0 Å². The zero-order valence-electron chi connectivity index (χ0n) is 18.2. The molecule has 0 unspecified atom stereocenters. The summed E-state index contributed by atoms with van der Waals surface area (Å²) in [6.45, 7) is 8.52. The number of ether oxygens (including phenoxy) is 1. The normalized spacial score (nSPS) is 11.6. The fraction of sp³-hybridized carbons (Fsp3) is 0.417. The Balaban J connectivity index is 2.24. The third-order valence-corrected chi connectivity index (χ3v) is 5.51. The van der Waals surface area contributed by atoms with Crippen LogP contribution in [0.4, 0.5) is 0 Å². The average Bonchev–Trinajstić information content (AvgIpc) is 2.74. The lowest BCUT2D eigenvalue weighted by Crippen LogP contribution is -2.50. The Hall–Kier alpha value is -2.53. The maximum Gasteiger partial charge on any atom is 0.261 e. The molecule has 0 heterocycles. The molecule has 0 fully saturated rings. The molecule has 0 saturated carbocycles. The Labute approximate surface area is 184 Å². The van der Waals surface area contributed by atoms with Crippen LogP contribution in [0.3, 0.4) is 0 Å². The van der Waals surface area contributed by atoms with Crippen molar-refractivity contribution in [2.24, 2.45) is 0 Å². The maximum atomic E-state index is 13.2. The first kappa shape index (κ1) is 23.7. The highest BCUT2D eigenvalue weighted by atomic mass is 35.5. The standard InChI is InChI=1S/C24H31ClN2O3/c1-5-14-26-24(29)21(6-2)27(15-19-11-7-8-12-20(19)25)23(28)16-30-22-13-9-10-17(3)18(22)4/h7-13,21H,5-6,14-16H2,1-4H3,(H,26,29)/t21-/m1/s1. The second-order valence-corrected chi connectivity index (χ2v) is 7.72. The summed E-state index contributed by atoms with van der Waals surface area (Å²) in [4.78, 5) is 27.5. The molecule has 2 amide bonds. The summed E-state index contributed by atoms with van der Waals surface area (Å²) in [5.41, 5.74) is 2.88. The van der Waals surface area contributed by atoms with E-state index in [-0.39, 0.29) is 25.0 Å². The van der Waals surface area contributed by atoms with Gasteiger partial charge >= 0.3 is 0 Å². The molecule has 0 aromatic heterocycles. The van der Waals surface area contributed by atoms with Gasteiger partial charge in [0.25, 0.3) is 5.91 Å². The van der Waals surface area contributed by atoms with E-state index in [1.165, 1.54) is 0 Å². The highest BCUT2D eigenvalue weighted by Gasteiger charge is 2.29. The van der Waals surface area contributed by atoms with E-state index >= 15 is 0 Å². The molecule has 162 valence electrons. The number of hydrogen-bond acceptors (Lipinski definition) is 3. The smallest absolute Gasteiger partial charge is 0.261 e. The van der Waals surface area contributed by atoms with Crippen molar-refractivity contribution in [3.8, 4) is 5.75 Å². The maximum absolute atomic E-state index is 13.2. The van der Waals surface area contributed by atoms with Gasteiger partial charge in [0.15, 0.2) is 6.61 Å². The van der Waals surface area contributed by atoms with Crippen molar-refractivity contribution in [1.29, 1.82) is 0 Å². The van der Waals surface area contributed by atoms with Crippen LogP contribution in [-0.2, 0) is 16.1 Å². The lowest BCUT2D eigenvalue weighted by Gasteiger charge is -2.31. The molecular weight excluding hydrogens is 400 g/mol. The van der Waals surface area contributed by atoms with Crippen LogP contribution < -0.4 is 10.1 Å². The molecule has 0 aliphatic carbocycles. The molecule has 6 heteroatoms. The van der Waals surface area contributed by atoms with Gasteiger partial charge in [0.2, 0.25) is 5.91 Å². The molecule has 5 nitrogen and oxygen atoms in total. The van der Waals surface area contributed by atoms with E-state index in [1.54, 1.807) is 11.0 Å². The Morgan fingerprint density at radius 2 is 1.83 bits per heavy atom. The molecular formula is C24H31ClN2O3. The quantitative estimate of drug-likeness (QED) is 0.595. The minimum absolute atomic E-state index is 0.147. The van der Waals surface area contributed by atoms with Crippen LogP contribution in [0.1, 0.15) is 43.4 Å². The van der Waals surface area contributed by atoms with Crippen LogP contribution >= 0.6 is 11.6 Å². The molecule has 30 heavy (non-hydrogen) atoms. The number of hydrogen-bond donors (Lipinski definition) is 1. The lowest BCUT2D eigenvalue weighted by molar-refractivity contribution is -0.143. The fourth-order valence-corrected chi connectivity index (χ4v) is 3.39. The van der Waals surface area contributed by atoms with Crippen molar-refractivity contribution in [2.75, 3.05) is 13.2 Å². The molecule has 0 bridgehead atoms. The molecule has 0 radical (unpaired) electrons. The van der Waals surface area contributed by atoms with Gasteiger partial charge in [0.1, 0.15) is 11.8 Å². The summed E-state index contributed by atoms with van der Waals surface area (Å²) < 4.78 is 5.83. The Bertz CT molecular complexity index is 869. The largest absolute Gasteiger partial charge is 0.483 e. The summed E-state index contributed by atoms with van der Waals surface area (Å²) in [7, 11) is 0. The predicted octanol–water partition coefficient (Wildman–Crippen LogP) is 4.67. The van der Waals surface area contributed by atoms with E-state index in [0.29, 0.717) is 23.7 Å². The van der Waals surface area contributed by atoms with E-state index in [1.807, 2.05) is 64.1 Å². The number of carbonyl (C=O) groups is 2. The number of benzene rings is 2. The average molecular weight is 431 g/mol. The minimum atomic E-state index is -0.595. The molecule has 1 N–H and O–H groups in total. The lowest BCUT2D eigenvalue weighted by atomic mass is 10.1. The van der Waals surface area contributed by atoms with E-state index in [2.05, 4.69) is 5.32 Å². The number of nitrogens with one attached hydrogen (secondary N) is 1. The monoisotopic (exact) mass is 430 g/mol. The molecule has 2 rings (SSSR count). The first-order valence-corrected chi connectivity index (χ1v) is 10.8.